The van der Waals surface area contributed by atoms with Crippen LogP contribution in [-0.2, 0) is 11.2 Å². The van der Waals surface area contributed by atoms with Crippen LogP contribution in [-0.4, -0.2) is 36.8 Å². The molecule has 0 unspecified atom stereocenters. The van der Waals surface area contributed by atoms with E-state index in [4.69, 9.17) is 9.15 Å². The minimum atomic E-state index is -0.355. The Morgan fingerprint density at radius 1 is 1.10 bits per heavy atom. The molecule has 3 amide bonds. The SMILES string of the molecule is O=C(NCCc1coc(-c2ccccc2)n1)Nc1ccc(N2CCOC2=O)cc1. The van der Waals surface area contributed by atoms with E-state index in [1.54, 1.807) is 35.4 Å². The van der Waals surface area contributed by atoms with Gasteiger partial charge in [-0.2, -0.15) is 0 Å². The van der Waals surface area contributed by atoms with Gasteiger partial charge >= 0.3 is 12.1 Å². The molecule has 0 saturated carbocycles. The monoisotopic (exact) mass is 392 g/mol. The lowest BCUT2D eigenvalue weighted by molar-refractivity contribution is 0.181. The molecule has 0 spiro atoms. The van der Waals surface area contributed by atoms with Crippen LogP contribution >= 0.6 is 0 Å². The van der Waals surface area contributed by atoms with Gasteiger partial charge in [0.25, 0.3) is 0 Å². The molecule has 148 valence electrons. The molecular formula is C21H20N4O4. The zero-order chi connectivity index (χ0) is 20.1. The largest absolute Gasteiger partial charge is 0.447 e. The second kappa shape index (κ2) is 8.47. The van der Waals surface area contributed by atoms with Gasteiger partial charge < -0.3 is 19.8 Å². The van der Waals surface area contributed by atoms with Crippen LogP contribution < -0.4 is 15.5 Å². The normalized spacial score (nSPS) is 13.2. The minimum Gasteiger partial charge on any atom is -0.447 e. The lowest BCUT2D eigenvalue weighted by Gasteiger charge is -2.13. The zero-order valence-corrected chi connectivity index (χ0v) is 15.6. The van der Waals surface area contributed by atoms with Crippen molar-refractivity contribution in [1.29, 1.82) is 0 Å². The predicted octanol–water partition coefficient (Wildman–Crippen LogP) is 3.66. The van der Waals surface area contributed by atoms with Crippen LogP contribution in [0.1, 0.15) is 5.69 Å². The highest BCUT2D eigenvalue weighted by Gasteiger charge is 2.23. The third-order valence-corrected chi connectivity index (χ3v) is 4.44. The first-order chi connectivity index (χ1) is 14.2. The number of nitrogens with one attached hydrogen (secondary N) is 2. The van der Waals surface area contributed by atoms with Crippen LogP contribution in [0.15, 0.2) is 65.3 Å². The van der Waals surface area contributed by atoms with Crippen LogP contribution in [0.2, 0.25) is 0 Å². The molecule has 2 N–H and O–H groups in total. The van der Waals surface area contributed by atoms with Crippen LogP contribution in [0.25, 0.3) is 11.5 Å². The van der Waals surface area contributed by atoms with Crippen molar-refractivity contribution in [2.24, 2.45) is 0 Å². The summed E-state index contributed by atoms with van der Waals surface area (Å²) in [5, 5.41) is 5.55. The summed E-state index contributed by atoms with van der Waals surface area (Å²) in [6.07, 6.45) is 1.80. The Bertz CT molecular complexity index is 985. The van der Waals surface area contributed by atoms with Crippen molar-refractivity contribution in [2.45, 2.75) is 6.42 Å². The number of anilines is 2. The van der Waals surface area contributed by atoms with Gasteiger partial charge in [-0.3, -0.25) is 4.90 Å². The summed E-state index contributed by atoms with van der Waals surface area (Å²) in [4.78, 5) is 29.6. The molecule has 1 aliphatic rings. The molecule has 8 heteroatoms. The van der Waals surface area contributed by atoms with E-state index in [0.29, 0.717) is 37.7 Å². The number of nitrogens with zero attached hydrogens (tertiary/aromatic N) is 2. The third-order valence-electron chi connectivity index (χ3n) is 4.44. The first-order valence-electron chi connectivity index (χ1n) is 9.28. The summed E-state index contributed by atoms with van der Waals surface area (Å²) in [7, 11) is 0. The maximum atomic E-state index is 12.1. The average Bonchev–Trinajstić information content (AvgIpc) is 3.38. The summed E-state index contributed by atoms with van der Waals surface area (Å²) >= 11 is 0. The summed E-state index contributed by atoms with van der Waals surface area (Å²) in [5.74, 6) is 0.562. The number of amides is 3. The predicted molar refractivity (Wildman–Crippen MR) is 108 cm³/mol. The fourth-order valence-corrected chi connectivity index (χ4v) is 2.97. The molecule has 2 heterocycles. The van der Waals surface area contributed by atoms with Gasteiger partial charge in [0.05, 0.1) is 12.2 Å². The highest BCUT2D eigenvalue weighted by atomic mass is 16.6. The molecule has 1 saturated heterocycles. The quantitative estimate of drug-likeness (QED) is 0.667. The molecule has 0 radical (unpaired) electrons. The first-order valence-corrected chi connectivity index (χ1v) is 9.28. The highest BCUT2D eigenvalue weighted by molar-refractivity contribution is 5.91. The van der Waals surface area contributed by atoms with Crippen molar-refractivity contribution < 1.29 is 18.7 Å². The number of cyclic esters (lactones) is 1. The van der Waals surface area contributed by atoms with Gasteiger partial charge in [-0.15, -0.1) is 0 Å². The van der Waals surface area contributed by atoms with E-state index in [0.717, 1.165) is 16.9 Å². The number of aromatic nitrogens is 1. The molecule has 2 aromatic carbocycles. The molecule has 4 rings (SSSR count). The number of ether oxygens (including phenoxy) is 1. The Labute approximate surface area is 167 Å². The molecule has 0 atom stereocenters. The van der Waals surface area contributed by atoms with E-state index in [1.807, 2.05) is 30.3 Å². The van der Waals surface area contributed by atoms with Gasteiger partial charge in [0.1, 0.15) is 12.9 Å². The minimum absolute atomic E-state index is 0.315. The van der Waals surface area contributed by atoms with Crippen molar-refractivity contribution in [2.75, 3.05) is 29.9 Å². The smallest absolute Gasteiger partial charge is 0.414 e. The number of benzene rings is 2. The number of hydrogen-bond acceptors (Lipinski definition) is 5. The fourth-order valence-electron chi connectivity index (χ4n) is 2.97. The van der Waals surface area contributed by atoms with Gasteiger partial charge in [0, 0.05) is 29.9 Å². The Kier molecular flexibility index (Phi) is 5.42. The second-order valence-electron chi connectivity index (χ2n) is 6.45. The van der Waals surface area contributed by atoms with E-state index in [2.05, 4.69) is 15.6 Å². The van der Waals surface area contributed by atoms with Crippen LogP contribution in [0.4, 0.5) is 21.0 Å². The van der Waals surface area contributed by atoms with Crippen LogP contribution in [0, 0.1) is 0 Å². The number of carbonyl (C=O) groups is 2. The van der Waals surface area contributed by atoms with Crippen molar-refractivity contribution in [3.05, 3.63) is 66.6 Å². The van der Waals surface area contributed by atoms with Crippen molar-refractivity contribution >= 4 is 23.5 Å². The van der Waals surface area contributed by atoms with Crippen molar-refractivity contribution in [3.63, 3.8) is 0 Å². The summed E-state index contributed by atoms with van der Waals surface area (Å²) < 4.78 is 10.4. The van der Waals surface area contributed by atoms with E-state index < -0.39 is 0 Å². The Hall–Kier alpha value is -3.81. The van der Waals surface area contributed by atoms with Gasteiger partial charge in [-0.25, -0.2) is 14.6 Å². The Balaban J connectivity index is 1.24. The molecule has 0 aliphatic carbocycles. The van der Waals surface area contributed by atoms with Gasteiger partial charge in [-0.05, 0) is 36.4 Å². The van der Waals surface area contributed by atoms with Crippen molar-refractivity contribution in [1.82, 2.24) is 10.3 Å². The fraction of sp³-hybridized carbons (Fsp3) is 0.190. The number of rotatable bonds is 6. The van der Waals surface area contributed by atoms with E-state index >= 15 is 0 Å². The Morgan fingerprint density at radius 2 is 1.90 bits per heavy atom. The van der Waals surface area contributed by atoms with Crippen LogP contribution in [0.5, 0.6) is 0 Å². The number of oxazole rings is 1. The standard InChI is InChI=1S/C21H20N4O4/c26-20(24-16-6-8-18(9-7-16)25-12-13-28-21(25)27)22-11-10-17-14-29-19(23-17)15-4-2-1-3-5-15/h1-9,14H,10-13H2,(H2,22,24,26). The number of urea groups is 1. The van der Waals surface area contributed by atoms with E-state index in [9.17, 15) is 9.59 Å². The molecule has 8 nitrogen and oxygen atoms in total. The first kappa shape index (κ1) is 18.5. The molecule has 1 aliphatic heterocycles. The average molecular weight is 392 g/mol. The number of carbonyl (C=O) groups excluding carboxylic acids is 2. The molecule has 1 aromatic heterocycles. The summed E-state index contributed by atoms with van der Waals surface area (Å²) in [6, 6.07) is 16.3. The van der Waals surface area contributed by atoms with E-state index in [-0.39, 0.29) is 12.1 Å². The summed E-state index contributed by atoms with van der Waals surface area (Å²) in [5.41, 5.74) is 3.05. The molecule has 29 heavy (non-hydrogen) atoms. The van der Waals surface area contributed by atoms with E-state index in [1.165, 1.54) is 0 Å². The van der Waals surface area contributed by atoms with Gasteiger partial charge in [0.15, 0.2) is 0 Å². The maximum Gasteiger partial charge on any atom is 0.414 e. The molecule has 0 bridgehead atoms. The third kappa shape index (κ3) is 4.55. The molecule has 1 fully saturated rings. The summed E-state index contributed by atoms with van der Waals surface area (Å²) in [6.45, 7) is 1.34. The lowest BCUT2D eigenvalue weighted by Crippen LogP contribution is -2.30. The topological polar surface area (TPSA) is 96.7 Å². The van der Waals surface area contributed by atoms with Gasteiger partial charge in [-0.1, -0.05) is 18.2 Å². The number of hydrogen-bond donors (Lipinski definition) is 2. The Morgan fingerprint density at radius 3 is 2.62 bits per heavy atom. The zero-order valence-electron chi connectivity index (χ0n) is 15.6. The molecular weight excluding hydrogens is 372 g/mol. The van der Waals surface area contributed by atoms with Gasteiger partial charge in [0.2, 0.25) is 5.89 Å². The lowest BCUT2D eigenvalue weighted by atomic mass is 10.2. The van der Waals surface area contributed by atoms with Crippen LogP contribution in [0.3, 0.4) is 0 Å². The maximum absolute atomic E-state index is 12.1. The van der Waals surface area contributed by atoms with Crippen molar-refractivity contribution in [3.8, 4) is 11.5 Å². The second-order valence-corrected chi connectivity index (χ2v) is 6.45. The molecule has 3 aromatic rings. The highest BCUT2D eigenvalue weighted by Crippen LogP contribution is 2.21.